The fraction of sp³-hybridized carbons (Fsp3) is 0.333. The number of hydrogen-bond acceptors (Lipinski definition) is 5. The molecule has 0 aliphatic carbocycles. The van der Waals surface area contributed by atoms with Gasteiger partial charge in [-0.2, -0.15) is 0 Å². The Hall–Kier alpha value is -2.51. The van der Waals surface area contributed by atoms with Crippen molar-refractivity contribution in [2.45, 2.75) is 32.5 Å². The van der Waals surface area contributed by atoms with Gasteiger partial charge in [0.2, 0.25) is 0 Å². The number of thiophene rings is 1. The van der Waals surface area contributed by atoms with Gasteiger partial charge in [0.1, 0.15) is 10.7 Å². The molecule has 2 aromatic heterocycles. The van der Waals surface area contributed by atoms with Crippen molar-refractivity contribution >= 4 is 33.2 Å². The van der Waals surface area contributed by atoms with Gasteiger partial charge in [-0.05, 0) is 55.2 Å². The molecule has 4 rings (SSSR count). The molecule has 0 fully saturated rings. The van der Waals surface area contributed by atoms with Crippen molar-refractivity contribution in [2.75, 3.05) is 27.2 Å². The lowest BCUT2D eigenvalue weighted by Crippen LogP contribution is -2.38. The van der Waals surface area contributed by atoms with Crippen molar-refractivity contribution in [3.8, 4) is 0 Å². The number of fused-ring (bicyclic) bond motifs is 1. The summed E-state index contributed by atoms with van der Waals surface area (Å²) in [6.45, 7) is 5.21. The lowest BCUT2D eigenvalue weighted by Gasteiger charge is -2.33. The topological polar surface area (TPSA) is 41.4 Å². The Morgan fingerprint density at radius 3 is 2.41 bits per heavy atom. The number of likely N-dealkylation sites (N-methyl/N-ethyl adjacent to an activating group) is 1. The zero-order valence-electron chi connectivity index (χ0n) is 19.9. The minimum Gasteiger partial charge on any atom is -0.308 e. The van der Waals surface area contributed by atoms with Gasteiger partial charge in [-0.1, -0.05) is 61.0 Å². The third-order valence-electron chi connectivity index (χ3n) is 6.06. The Kier molecular flexibility index (Phi) is 8.16. The van der Waals surface area contributed by atoms with Gasteiger partial charge < -0.3 is 4.90 Å². The molecule has 178 valence electrons. The Balaban J connectivity index is 1.79. The summed E-state index contributed by atoms with van der Waals surface area (Å²) in [4.78, 5) is 24.1. The molecule has 7 heteroatoms. The summed E-state index contributed by atoms with van der Waals surface area (Å²) in [5.41, 5.74) is 2.31. The number of benzene rings is 2. The minimum atomic E-state index is -0.00135. The standard InChI is InChI=1S/C27H31ClN4OS/c1-4-24(31(16-15-30(2)3)18-21-10-12-22(28)13-11-21)25-29-26-23(14-17-34-26)27(33)32(25)19-20-8-6-5-7-9-20/h5-14,17,24H,4,15-16,18-19H2,1-3H3. The number of rotatable bonds is 10. The normalized spacial score (nSPS) is 12.6. The van der Waals surface area contributed by atoms with Crippen LogP contribution in [0.15, 0.2) is 70.8 Å². The van der Waals surface area contributed by atoms with E-state index in [0.29, 0.717) is 11.9 Å². The van der Waals surface area contributed by atoms with E-state index in [1.807, 2.05) is 46.3 Å². The van der Waals surface area contributed by atoms with Crippen molar-refractivity contribution < 1.29 is 0 Å². The lowest BCUT2D eigenvalue weighted by atomic mass is 10.1. The van der Waals surface area contributed by atoms with Crippen LogP contribution >= 0.6 is 22.9 Å². The van der Waals surface area contributed by atoms with Gasteiger partial charge in [0.05, 0.1) is 18.0 Å². The summed E-state index contributed by atoms with van der Waals surface area (Å²) < 4.78 is 1.88. The Morgan fingerprint density at radius 2 is 1.74 bits per heavy atom. The maximum absolute atomic E-state index is 13.6. The Labute approximate surface area is 210 Å². The summed E-state index contributed by atoms with van der Waals surface area (Å²) in [6, 6.07) is 20.0. The van der Waals surface area contributed by atoms with Crippen LogP contribution in [0.1, 0.15) is 36.3 Å². The number of halogens is 1. The van der Waals surface area contributed by atoms with Gasteiger partial charge >= 0.3 is 0 Å². The van der Waals surface area contributed by atoms with Crippen molar-refractivity contribution in [1.82, 2.24) is 19.4 Å². The minimum absolute atomic E-state index is 0.00135. The number of aromatic nitrogens is 2. The molecular formula is C27H31ClN4OS. The van der Waals surface area contributed by atoms with Crippen LogP contribution in [-0.2, 0) is 13.1 Å². The lowest BCUT2D eigenvalue weighted by molar-refractivity contribution is 0.156. The molecule has 5 nitrogen and oxygen atoms in total. The first-order valence-corrected chi connectivity index (χ1v) is 12.9. The van der Waals surface area contributed by atoms with E-state index in [1.165, 1.54) is 16.9 Å². The first-order valence-electron chi connectivity index (χ1n) is 11.6. The van der Waals surface area contributed by atoms with E-state index in [4.69, 9.17) is 16.6 Å². The molecule has 1 unspecified atom stereocenters. The molecule has 0 aliphatic heterocycles. The van der Waals surface area contributed by atoms with Crippen molar-refractivity contribution in [1.29, 1.82) is 0 Å². The largest absolute Gasteiger partial charge is 0.308 e. The number of hydrogen-bond donors (Lipinski definition) is 0. The zero-order chi connectivity index (χ0) is 24.1. The molecule has 34 heavy (non-hydrogen) atoms. The van der Waals surface area contributed by atoms with Crippen LogP contribution < -0.4 is 5.56 Å². The highest BCUT2D eigenvalue weighted by Crippen LogP contribution is 2.27. The molecule has 2 heterocycles. The predicted molar refractivity (Wildman–Crippen MR) is 143 cm³/mol. The molecule has 0 N–H and O–H groups in total. The molecule has 2 aromatic carbocycles. The van der Waals surface area contributed by atoms with Crippen LogP contribution in [0.2, 0.25) is 5.02 Å². The molecule has 0 radical (unpaired) electrons. The van der Waals surface area contributed by atoms with Crippen molar-refractivity contribution in [2.24, 2.45) is 0 Å². The maximum Gasteiger partial charge on any atom is 0.262 e. The number of nitrogens with zero attached hydrogens (tertiary/aromatic N) is 4. The van der Waals surface area contributed by atoms with Gasteiger partial charge in [0, 0.05) is 24.7 Å². The first-order chi connectivity index (χ1) is 16.5. The second kappa shape index (κ2) is 11.3. The van der Waals surface area contributed by atoms with E-state index in [0.717, 1.165) is 47.3 Å². The highest BCUT2D eigenvalue weighted by molar-refractivity contribution is 7.16. The van der Waals surface area contributed by atoms with E-state index >= 15 is 0 Å². The van der Waals surface area contributed by atoms with Crippen molar-refractivity contribution in [3.05, 3.63) is 98.4 Å². The summed E-state index contributed by atoms with van der Waals surface area (Å²) in [7, 11) is 4.17. The van der Waals surface area contributed by atoms with Gasteiger partial charge in [0.25, 0.3) is 5.56 Å². The van der Waals surface area contributed by atoms with E-state index in [2.05, 4.69) is 55.1 Å². The van der Waals surface area contributed by atoms with Gasteiger partial charge in [-0.3, -0.25) is 14.3 Å². The molecular weight excluding hydrogens is 464 g/mol. The highest BCUT2D eigenvalue weighted by Gasteiger charge is 2.25. The SMILES string of the molecule is CCC(c1nc2sccc2c(=O)n1Cc1ccccc1)N(CCN(C)C)Cc1ccc(Cl)cc1. The van der Waals surface area contributed by atoms with Crippen molar-refractivity contribution in [3.63, 3.8) is 0 Å². The van der Waals surface area contributed by atoms with E-state index in [1.54, 1.807) is 0 Å². The molecule has 0 amide bonds. The van der Waals surface area contributed by atoms with Gasteiger partial charge in [-0.15, -0.1) is 11.3 Å². The van der Waals surface area contributed by atoms with Crippen LogP contribution in [0, 0.1) is 0 Å². The summed E-state index contributed by atoms with van der Waals surface area (Å²) in [5.74, 6) is 0.832. The monoisotopic (exact) mass is 494 g/mol. The van der Waals surface area contributed by atoms with Gasteiger partial charge in [-0.25, -0.2) is 4.98 Å². The third-order valence-corrected chi connectivity index (χ3v) is 7.11. The highest BCUT2D eigenvalue weighted by atomic mass is 35.5. The van der Waals surface area contributed by atoms with Crippen LogP contribution in [-0.4, -0.2) is 46.5 Å². The fourth-order valence-electron chi connectivity index (χ4n) is 4.24. The third kappa shape index (κ3) is 5.76. The Bertz CT molecular complexity index is 1270. The van der Waals surface area contributed by atoms with E-state index in [9.17, 15) is 4.79 Å². The second-order valence-corrected chi connectivity index (χ2v) is 10.1. The summed E-state index contributed by atoms with van der Waals surface area (Å²) >= 11 is 7.66. The summed E-state index contributed by atoms with van der Waals surface area (Å²) in [6.07, 6.45) is 0.846. The predicted octanol–water partition coefficient (Wildman–Crippen LogP) is 5.67. The molecule has 0 saturated carbocycles. The molecule has 0 bridgehead atoms. The molecule has 0 saturated heterocycles. The zero-order valence-corrected chi connectivity index (χ0v) is 21.5. The molecule has 1 atom stereocenters. The van der Waals surface area contributed by atoms with Gasteiger partial charge in [0.15, 0.2) is 0 Å². The van der Waals surface area contributed by atoms with Crippen LogP contribution in [0.3, 0.4) is 0 Å². The molecule has 0 aliphatic rings. The Morgan fingerprint density at radius 1 is 1.00 bits per heavy atom. The van der Waals surface area contributed by atoms with Crippen LogP contribution in [0.25, 0.3) is 10.2 Å². The smallest absolute Gasteiger partial charge is 0.262 e. The van der Waals surface area contributed by atoms with Crippen LogP contribution in [0.4, 0.5) is 0 Å². The molecule has 4 aromatic rings. The molecule has 0 spiro atoms. The van der Waals surface area contributed by atoms with E-state index in [-0.39, 0.29) is 11.6 Å². The quantitative estimate of drug-likeness (QED) is 0.284. The maximum atomic E-state index is 13.6. The summed E-state index contributed by atoms with van der Waals surface area (Å²) in [5, 5.41) is 3.38. The average Bonchev–Trinajstić information content (AvgIpc) is 3.31. The second-order valence-electron chi connectivity index (χ2n) is 8.81. The van der Waals surface area contributed by atoms with Crippen LogP contribution in [0.5, 0.6) is 0 Å². The van der Waals surface area contributed by atoms with E-state index < -0.39 is 0 Å². The first kappa shape index (κ1) is 24.6. The fourth-order valence-corrected chi connectivity index (χ4v) is 5.13. The average molecular weight is 495 g/mol.